The van der Waals surface area contributed by atoms with Crippen LogP contribution in [0.15, 0.2) is 40.9 Å². The van der Waals surface area contributed by atoms with E-state index in [4.69, 9.17) is 27.7 Å². The van der Waals surface area contributed by atoms with Crippen molar-refractivity contribution in [2.24, 2.45) is 0 Å². The molecule has 8 heteroatoms. The highest BCUT2D eigenvalue weighted by Gasteiger charge is 2.36. The minimum absolute atomic E-state index is 0.0184. The van der Waals surface area contributed by atoms with E-state index in [1.807, 2.05) is 25.1 Å². The van der Waals surface area contributed by atoms with Crippen molar-refractivity contribution in [1.29, 1.82) is 0 Å². The summed E-state index contributed by atoms with van der Waals surface area (Å²) in [6.45, 7) is 2.33. The SMILES string of the molecule is Cc1ccc(N2CC(c3nc(-c4ccc(F)c(Cl)c4)no3)CC2=O)c(Cl)c1. The molecular weight excluding hydrogens is 392 g/mol. The van der Waals surface area contributed by atoms with Crippen LogP contribution in [0.5, 0.6) is 0 Å². The van der Waals surface area contributed by atoms with Crippen LogP contribution in [0.2, 0.25) is 10.0 Å². The third-order valence-electron chi connectivity index (χ3n) is 4.49. The summed E-state index contributed by atoms with van der Waals surface area (Å²) < 4.78 is 18.7. The van der Waals surface area contributed by atoms with Crippen molar-refractivity contribution < 1.29 is 13.7 Å². The first kappa shape index (κ1) is 17.9. The van der Waals surface area contributed by atoms with E-state index >= 15 is 0 Å². The Morgan fingerprint density at radius 2 is 2.00 bits per heavy atom. The second kappa shape index (κ2) is 6.94. The molecule has 3 aromatic rings. The van der Waals surface area contributed by atoms with Crippen molar-refractivity contribution >= 4 is 34.8 Å². The van der Waals surface area contributed by atoms with Gasteiger partial charge in [-0.25, -0.2) is 4.39 Å². The molecule has 1 unspecified atom stereocenters. The summed E-state index contributed by atoms with van der Waals surface area (Å²) in [6, 6.07) is 9.76. The van der Waals surface area contributed by atoms with E-state index in [1.54, 1.807) is 4.90 Å². The number of nitrogens with zero attached hydrogens (tertiary/aromatic N) is 3. The first-order valence-corrected chi connectivity index (χ1v) is 9.03. The highest BCUT2D eigenvalue weighted by molar-refractivity contribution is 6.34. The zero-order valence-electron chi connectivity index (χ0n) is 14.2. The number of rotatable bonds is 3. The predicted octanol–water partition coefficient (Wildman–Crippen LogP) is 5.01. The summed E-state index contributed by atoms with van der Waals surface area (Å²) in [4.78, 5) is 18.5. The van der Waals surface area contributed by atoms with E-state index in [1.165, 1.54) is 18.2 Å². The van der Waals surface area contributed by atoms with E-state index < -0.39 is 5.82 Å². The van der Waals surface area contributed by atoms with E-state index in [0.717, 1.165) is 5.56 Å². The van der Waals surface area contributed by atoms with Crippen molar-refractivity contribution in [3.63, 3.8) is 0 Å². The maximum Gasteiger partial charge on any atom is 0.232 e. The standard InChI is InChI=1S/C19H14Cl2FN3O2/c1-10-2-5-16(14(21)6-10)25-9-12(8-17(25)26)19-23-18(24-27-19)11-3-4-15(22)13(20)7-11/h2-7,12H,8-9H2,1H3. The lowest BCUT2D eigenvalue weighted by Crippen LogP contribution is -2.24. The van der Waals surface area contributed by atoms with E-state index in [-0.39, 0.29) is 23.3 Å². The van der Waals surface area contributed by atoms with Gasteiger partial charge in [-0.15, -0.1) is 0 Å². The molecule has 1 atom stereocenters. The lowest BCUT2D eigenvalue weighted by Gasteiger charge is -2.18. The summed E-state index contributed by atoms with van der Waals surface area (Å²) in [6.07, 6.45) is 0.246. The van der Waals surface area contributed by atoms with Crippen LogP contribution in [0.25, 0.3) is 11.4 Å². The maximum atomic E-state index is 13.3. The average molecular weight is 406 g/mol. The first-order valence-electron chi connectivity index (χ1n) is 8.28. The molecule has 2 aromatic carbocycles. The molecule has 138 valence electrons. The third-order valence-corrected chi connectivity index (χ3v) is 5.08. The molecule has 1 fully saturated rings. The predicted molar refractivity (Wildman–Crippen MR) is 101 cm³/mol. The Kier molecular flexibility index (Phi) is 4.61. The molecule has 1 aromatic heterocycles. The molecule has 0 radical (unpaired) electrons. The molecule has 1 amide bonds. The average Bonchev–Trinajstić information content (AvgIpc) is 3.25. The van der Waals surface area contributed by atoms with Crippen LogP contribution in [0.1, 0.15) is 23.8 Å². The Bertz CT molecular complexity index is 1040. The Morgan fingerprint density at radius 3 is 2.74 bits per heavy atom. The molecule has 1 aliphatic rings. The summed E-state index contributed by atoms with van der Waals surface area (Å²) in [5.74, 6) is -0.172. The van der Waals surface area contributed by atoms with Gasteiger partial charge in [0.15, 0.2) is 0 Å². The van der Waals surface area contributed by atoms with Gasteiger partial charge in [0.1, 0.15) is 5.82 Å². The van der Waals surface area contributed by atoms with Gasteiger partial charge in [0.2, 0.25) is 17.6 Å². The number of hydrogen-bond donors (Lipinski definition) is 0. The number of hydrogen-bond acceptors (Lipinski definition) is 4. The summed E-state index contributed by atoms with van der Waals surface area (Å²) in [5.41, 5.74) is 2.23. The van der Waals surface area contributed by atoms with E-state index in [9.17, 15) is 9.18 Å². The molecule has 0 saturated carbocycles. The molecular formula is C19H14Cl2FN3O2. The maximum absolute atomic E-state index is 13.3. The molecule has 4 rings (SSSR count). The Labute approximate surface area is 164 Å². The smallest absolute Gasteiger partial charge is 0.232 e. The van der Waals surface area contributed by atoms with Crippen molar-refractivity contribution in [2.75, 3.05) is 11.4 Å². The van der Waals surface area contributed by atoms with Gasteiger partial charge in [0.05, 0.1) is 21.7 Å². The number of halogens is 3. The van der Waals surface area contributed by atoms with Crippen molar-refractivity contribution in [1.82, 2.24) is 10.1 Å². The van der Waals surface area contributed by atoms with Crippen LogP contribution in [-0.2, 0) is 4.79 Å². The number of amides is 1. The van der Waals surface area contributed by atoms with Gasteiger partial charge < -0.3 is 9.42 Å². The lowest BCUT2D eigenvalue weighted by molar-refractivity contribution is -0.117. The Hall–Kier alpha value is -2.44. The number of carbonyl (C=O) groups is 1. The summed E-state index contributed by atoms with van der Waals surface area (Å²) in [7, 11) is 0. The molecule has 5 nitrogen and oxygen atoms in total. The Morgan fingerprint density at radius 1 is 1.19 bits per heavy atom. The fourth-order valence-electron chi connectivity index (χ4n) is 3.09. The fraction of sp³-hybridized carbons (Fsp3) is 0.211. The van der Waals surface area contributed by atoms with E-state index in [0.29, 0.717) is 34.5 Å². The van der Waals surface area contributed by atoms with Gasteiger partial charge in [0.25, 0.3) is 0 Å². The second-order valence-electron chi connectivity index (χ2n) is 6.45. The van der Waals surface area contributed by atoms with Crippen LogP contribution in [-0.4, -0.2) is 22.6 Å². The van der Waals surface area contributed by atoms with Gasteiger partial charge in [-0.3, -0.25) is 4.79 Å². The van der Waals surface area contributed by atoms with Gasteiger partial charge in [-0.1, -0.05) is 34.4 Å². The molecule has 1 aliphatic heterocycles. The molecule has 2 heterocycles. The highest BCUT2D eigenvalue weighted by Crippen LogP contribution is 2.35. The van der Waals surface area contributed by atoms with Gasteiger partial charge in [0, 0.05) is 18.5 Å². The van der Waals surface area contributed by atoms with Gasteiger partial charge in [-0.05, 0) is 42.8 Å². The van der Waals surface area contributed by atoms with Crippen LogP contribution < -0.4 is 4.90 Å². The van der Waals surface area contributed by atoms with Crippen molar-refractivity contribution in [3.05, 3.63) is 63.7 Å². The van der Waals surface area contributed by atoms with Crippen LogP contribution >= 0.6 is 23.2 Å². The van der Waals surface area contributed by atoms with Crippen LogP contribution in [0, 0.1) is 12.7 Å². The topological polar surface area (TPSA) is 59.2 Å². The number of aromatic nitrogens is 2. The Balaban J connectivity index is 1.57. The molecule has 1 saturated heterocycles. The zero-order chi connectivity index (χ0) is 19.1. The minimum atomic E-state index is -0.517. The van der Waals surface area contributed by atoms with Gasteiger partial charge >= 0.3 is 0 Å². The number of carbonyl (C=O) groups excluding carboxylic acids is 1. The largest absolute Gasteiger partial charge is 0.339 e. The molecule has 0 spiro atoms. The van der Waals surface area contributed by atoms with E-state index in [2.05, 4.69) is 10.1 Å². The van der Waals surface area contributed by atoms with Crippen molar-refractivity contribution in [3.8, 4) is 11.4 Å². The lowest BCUT2D eigenvalue weighted by atomic mass is 10.1. The number of benzene rings is 2. The molecule has 0 bridgehead atoms. The normalized spacial score (nSPS) is 17.0. The summed E-state index contributed by atoms with van der Waals surface area (Å²) in [5, 5.41) is 4.44. The number of anilines is 1. The fourth-order valence-corrected chi connectivity index (χ4v) is 3.61. The monoisotopic (exact) mass is 405 g/mol. The minimum Gasteiger partial charge on any atom is -0.339 e. The third kappa shape index (κ3) is 3.42. The molecule has 0 aliphatic carbocycles. The van der Waals surface area contributed by atoms with Crippen LogP contribution in [0.4, 0.5) is 10.1 Å². The molecule has 0 N–H and O–H groups in total. The summed E-state index contributed by atoms with van der Waals surface area (Å²) >= 11 is 12.1. The molecule has 27 heavy (non-hydrogen) atoms. The van der Waals surface area contributed by atoms with Crippen molar-refractivity contribution in [2.45, 2.75) is 19.3 Å². The number of aryl methyl sites for hydroxylation is 1. The van der Waals surface area contributed by atoms with Gasteiger partial charge in [-0.2, -0.15) is 4.98 Å². The highest BCUT2D eigenvalue weighted by atomic mass is 35.5. The quantitative estimate of drug-likeness (QED) is 0.614. The second-order valence-corrected chi connectivity index (χ2v) is 7.26. The zero-order valence-corrected chi connectivity index (χ0v) is 15.8. The van der Waals surface area contributed by atoms with Crippen LogP contribution in [0.3, 0.4) is 0 Å². The first-order chi connectivity index (χ1) is 12.9.